The predicted molar refractivity (Wildman–Crippen MR) is 106 cm³/mol. The number of carbonyl (C=O) groups is 1. The number of fused-ring (bicyclic) bond motifs is 1. The lowest BCUT2D eigenvalue weighted by Crippen LogP contribution is -2.35. The van der Waals surface area contributed by atoms with Crippen molar-refractivity contribution in [2.45, 2.75) is 12.6 Å². The summed E-state index contributed by atoms with van der Waals surface area (Å²) in [6.45, 7) is -0.173. The maximum atomic E-state index is 12.7. The van der Waals surface area contributed by atoms with E-state index in [0.29, 0.717) is 21.4 Å². The van der Waals surface area contributed by atoms with E-state index in [9.17, 15) is 9.59 Å². The van der Waals surface area contributed by atoms with Crippen LogP contribution in [0.3, 0.4) is 0 Å². The molecule has 28 heavy (non-hydrogen) atoms. The van der Waals surface area contributed by atoms with Gasteiger partial charge in [0, 0.05) is 7.05 Å². The van der Waals surface area contributed by atoms with Crippen LogP contribution in [0, 0.1) is 0 Å². The zero-order chi connectivity index (χ0) is 19.7. The number of hydrogen-bond donors (Lipinski definition) is 1. The van der Waals surface area contributed by atoms with Crippen molar-refractivity contribution in [3.8, 4) is 0 Å². The van der Waals surface area contributed by atoms with Gasteiger partial charge < -0.3 is 9.73 Å². The molecule has 8 nitrogen and oxygen atoms in total. The summed E-state index contributed by atoms with van der Waals surface area (Å²) in [6.07, 6.45) is 2.91. The summed E-state index contributed by atoms with van der Waals surface area (Å²) in [5.74, 6) is 0.268. The van der Waals surface area contributed by atoms with Gasteiger partial charge in [0.25, 0.3) is 5.56 Å². The van der Waals surface area contributed by atoms with Crippen LogP contribution in [0.2, 0.25) is 0 Å². The van der Waals surface area contributed by atoms with E-state index >= 15 is 0 Å². The van der Waals surface area contributed by atoms with E-state index in [-0.39, 0.29) is 18.0 Å². The molecule has 3 heterocycles. The molecule has 4 rings (SSSR count). The highest BCUT2D eigenvalue weighted by molar-refractivity contribution is 9.10. The highest BCUT2D eigenvalue weighted by Gasteiger charge is 2.20. The lowest BCUT2D eigenvalue weighted by Gasteiger charge is -2.17. The molecular formula is C19H16BrN5O3. The second-order valence-electron chi connectivity index (χ2n) is 6.22. The number of benzene rings is 1. The molecule has 0 radical (unpaired) electrons. The van der Waals surface area contributed by atoms with Gasteiger partial charge in [-0.15, -0.1) is 0 Å². The molecule has 142 valence electrons. The summed E-state index contributed by atoms with van der Waals surface area (Å²) in [5, 5.41) is 7.40. The summed E-state index contributed by atoms with van der Waals surface area (Å²) in [7, 11) is 1.70. The molecule has 0 bridgehead atoms. The van der Waals surface area contributed by atoms with Gasteiger partial charge in [-0.2, -0.15) is 5.10 Å². The van der Waals surface area contributed by atoms with Crippen LogP contribution in [0.5, 0.6) is 0 Å². The number of carbonyl (C=O) groups excluding carboxylic acids is 1. The first-order valence-corrected chi connectivity index (χ1v) is 9.29. The standard InChI is InChI=1S/C19H16BrN5O3/c1-24-18-15(17(20)23-24)19(27)25(11-21-18)10-14(26)22-16(13-8-5-9-28-13)12-6-3-2-4-7-12/h2-9,11,16H,10H2,1H3,(H,22,26). The maximum Gasteiger partial charge on any atom is 0.266 e. The molecule has 1 aromatic carbocycles. The number of amides is 1. The summed E-state index contributed by atoms with van der Waals surface area (Å²) in [6, 6.07) is 12.6. The Labute approximate surface area is 167 Å². The quantitative estimate of drug-likeness (QED) is 0.512. The molecular weight excluding hydrogens is 426 g/mol. The van der Waals surface area contributed by atoms with Gasteiger partial charge >= 0.3 is 0 Å². The molecule has 1 atom stereocenters. The Morgan fingerprint density at radius 1 is 1.25 bits per heavy atom. The van der Waals surface area contributed by atoms with E-state index in [1.807, 2.05) is 30.3 Å². The maximum absolute atomic E-state index is 12.7. The van der Waals surface area contributed by atoms with Gasteiger partial charge in [0.15, 0.2) is 5.65 Å². The van der Waals surface area contributed by atoms with Crippen LogP contribution in [0.25, 0.3) is 11.0 Å². The largest absolute Gasteiger partial charge is 0.467 e. The molecule has 0 fully saturated rings. The van der Waals surface area contributed by atoms with Crippen molar-refractivity contribution in [3.63, 3.8) is 0 Å². The third-order valence-electron chi connectivity index (χ3n) is 4.35. The minimum Gasteiger partial charge on any atom is -0.467 e. The second-order valence-corrected chi connectivity index (χ2v) is 6.97. The number of aryl methyl sites for hydroxylation is 1. The van der Waals surface area contributed by atoms with Crippen molar-refractivity contribution in [2.24, 2.45) is 7.05 Å². The normalized spacial score (nSPS) is 12.2. The van der Waals surface area contributed by atoms with Crippen molar-refractivity contribution >= 4 is 32.9 Å². The fraction of sp³-hybridized carbons (Fsp3) is 0.158. The average molecular weight is 442 g/mol. The predicted octanol–water partition coefficient (Wildman–Crippen LogP) is 2.39. The number of rotatable bonds is 5. The Hall–Kier alpha value is -3.20. The summed E-state index contributed by atoms with van der Waals surface area (Å²) in [5.41, 5.74) is 0.988. The smallest absolute Gasteiger partial charge is 0.266 e. The second kappa shape index (κ2) is 7.43. The van der Waals surface area contributed by atoms with Crippen molar-refractivity contribution in [2.75, 3.05) is 0 Å². The topological polar surface area (TPSA) is 95.0 Å². The van der Waals surface area contributed by atoms with Gasteiger partial charge in [-0.1, -0.05) is 30.3 Å². The molecule has 0 saturated heterocycles. The minimum absolute atomic E-state index is 0.173. The van der Waals surface area contributed by atoms with Gasteiger partial charge in [-0.25, -0.2) is 9.67 Å². The molecule has 3 aromatic heterocycles. The number of nitrogens with zero attached hydrogens (tertiary/aromatic N) is 4. The lowest BCUT2D eigenvalue weighted by molar-refractivity contribution is -0.122. The molecule has 0 saturated carbocycles. The minimum atomic E-state index is -0.457. The number of halogens is 1. The summed E-state index contributed by atoms with van der Waals surface area (Å²) in [4.78, 5) is 29.7. The Morgan fingerprint density at radius 2 is 2.04 bits per heavy atom. The number of furan rings is 1. The highest BCUT2D eigenvalue weighted by Crippen LogP contribution is 2.22. The van der Waals surface area contributed by atoms with Crippen molar-refractivity contribution < 1.29 is 9.21 Å². The van der Waals surface area contributed by atoms with Gasteiger partial charge in [-0.05, 0) is 33.6 Å². The van der Waals surface area contributed by atoms with E-state index in [1.54, 1.807) is 25.4 Å². The fourth-order valence-corrected chi connectivity index (χ4v) is 3.61. The van der Waals surface area contributed by atoms with E-state index < -0.39 is 6.04 Å². The van der Waals surface area contributed by atoms with Gasteiger partial charge in [0.2, 0.25) is 5.91 Å². The third-order valence-corrected chi connectivity index (χ3v) is 4.90. The average Bonchev–Trinajstić information content (AvgIpc) is 3.31. The number of hydrogen-bond acceptors (Lipinski definition) is 5. The summed E-state index contributed by atoms with van der Waals surface area (Å²) < 4.78 is 8.65. The first kappa shape index (κ1) is 18.2. The van der Waals surface area contributed by atoms with E-state index in [0.717, 1.165) is 5.56 Å². The Bertz CT molecular complexity index is 1180. The molecule has 1 amide bonds. The third kappa shape index (κ3) is 3.36. The molecule has 0 aliphatic carbocycles. The number of aromatic nitrogens is 4. The monoisotopic (exact) mass is 441 g/mol. The highest BCUT2D eigenvalue weighted by atomic mass is 79.9. The first-order chi connectivity index (χ1) is 13.5. The lowest BCUT2D eigenvalue weighted by atomic mass is 10.0. The van der Waals surface area contributed by atoms with Crippen LogP contribution in [0.4, 0.5) is 0 Å². The van der Waals surface area contributed by atoms with Gasteiger partial charge in [-0.3, -0.25) is 14.2 Å². The SMILES string of the molecule is Cn1nc(Br)c2c(=O)n(CC(=O)NC(c3ccccc3)c3ccco3)cnc21. The Kier molecular flexibility index (Phi) is 4.82. The zero-order valence-electron chi connectivity index (χ0n) is 14.9. The van der Waals surface area contributed by atoms with Crippen LogP contribution < -0.4 is 10.9 Å². The molecule has 0 spiro atoms. The summed E-state index contributed by atoms with van der Waals surface area (Å²) >= 11 is 3.27. The van der Waals surface area contributed by atoms with Crippen molar-refractivity contribution in [1.29, 1.82) is 0 Å². The van der Waals surface area contributed by atoms with Gasteiger partial charge in [0.05, 0.1) is 6.26 Å². The van der Waals surface area contributed by atoms with Crippen molar-refractivity contribution in [3.05, 3.63) is 81.3 Å². The molecule has 4 aromatic rings. The van der Waals surface area contributed by atoms with E-state index in [1.165, 1.54) is 15.6 Å². The van der Waals surface area contributed by atoms with Gasteiger partial charge in [0.1, 0.15) is 34.7 Å². The van der Waals surface area contributed by atoms with Crippen LogP contribution >= 0.6 is 15.9 Å². The van der Waals surface area contributed by atoms with Crippen molar-refractivity contribution in [1.82, 2.24) is 24.6 Å². The van der Waals surface area contributed by atoms with Crippen LogP contribution in [-0.2, 0) is 18.4 Å². The first-order valence-electron chi connectivity index (χ1n) is 8.50. The fourth-order valence-electron chi connectivity index (χ4n) is 3.03. The molecule has 9 heteroatoms. The van der Waals surface area contributed by atoms with Crippen LogP contribution in [0.15, 0.2) is 68.9 Å². The van der Waals surface area contributed by atoms with E-state index in [4.69, 9.17) is 4.42 Å². The van der Waals surface area contributed by atoms with Crippen LogP contribution in [0.1, 0.15) is 17.4 Å². The van der Waals surface area contributed by atoms with E-state index in [2.05, 4.69) is 31.3 Å². The molecule has 0 aliphatic rings. The Balaban J connectivity index is 1.61. The molecule has 0 aliphatic heterocycles. The van der Waals surface area contributed by atoms with Crippen LogP contribution in [-0.4, -0.2) is 25.2 Å². The number of nitrogens with one attached hydrogen (secondary N) is 1. The molecule has 1 N–H and O–H groups in total. The zero-order valence-corrected chi connectivity index (χ0v) is 16.5. The molecule has 1 unspecified atom stereocenters. The Morgan fingerprint density at radius 3 is 2.75 bits per heavy atom.